The van der Waals surface area contributed by atoms with Crippen molar-refractivity contribution in [1.29, 1.82) is 0 Å². The molecule has 0 N–H and O–H groups in total. The Bertz CT molecular complexity index is 484. The Hall–Kier alpha value is -1.11. The van der Waals surface area contributed by atoms with Crippen LogP contribution in [-0.4, -0.2) is 72.0 Å². The Morgan fingerprint density at radius 2 is 0.762 bits per heavy atom. The third kappa shape index (κ3) is 4.43. The highest BCUT2D eigenvalue weighted by Gasteiger charge is 2.14. The van der Waals surface area contributed by atoms with Crippen molar-refractivity contribution < 1.29 is 0 Å². The standard InChI is InChI=1S/C15H21N3S3/c1-16(2)13(19)10-7-11(14(20)17(3)4)9-12(8-10)15(21)18(5)6/h7-9H,1-6H3. The van der Waals surface area contributed by atoms with Gasteiger partial charge in [-0.05, 0) is 18.2 Å². The van der Waals surface area contributed by atoms with Crippen LogP contribution in [0.1, 0.15) is 16.7 Å². The molecule has 0 aliphatic carbocycles. The first-order valence-corrected chi connectivity index (χ1v) is 7.67. The highest BCUT2D eigenvalue weighted by Crippen LogP contribution is 2.16. The van der Waals surface area contributed by atoms with Crippen molar-refractivity contribution >= 4 is 51.6 Å². The van der Waals surface area contributed by atoms with Crippen molar-refractivity contribution in [2.24, 2.45) is 0 Å². The highest BCUT2D eigenvalue weighted by molar-refractivity contribution is 7.81. The van der Waals surface area contributed by atoms with Gasteiger partial charge in [0.1, 0.15) is 15.0 Å². The van der Waals surface area contributed by atoms with Gasteiger partial charge in [0.25, 0.3) is 0 Å². The maximum Gasteiger partial charge on any atom is 0.108 e. The lowest BCUT2D eigenvalue weighted by atomic mass is 10.0. The zero-order valence-corrected chi connectivity index (χ0v) is 15.7. The van der Waals surface area contributed by atoms with E-state index in [4.69, 9.17) is 36.7 Å². The molecule has 0 spiro atoms. The van der Waals surface area contributed by atoms with Crippen molar-refractivity contribution in [2.45, 2.75) is 0 Å². The number of hydrogen-bond donors (Lipinski definition) is 0. The van der Waals surface area contributed by atoms with Crippen LogP contribution in [0.15, 0.2) is 18.2 Å². The summed E-state index contributed by atoms with van der Waals surface area (Å²) in [6.07, 6.45) is 0. The van der Waals surface area contributed by atoms with E-state index in [1.54, 1.807) is 0 Å². The van der Waals surface area contributed by atoms with E-state index in [1.807, 2.05) is 75.2 Å². The molecule has 1 aromatic carbocycles. The Balaban J connectivity index is 3.43. The van der Waals surface area contributed by atoms with Gasteiger partial charge in [0.05, 0.1) is 0 Å². The average molecular weight is 340 g/mol. The fraction of sp³-hybridized carbons (Fsp3) is 0.400. The molecule has 0 aliphatic heterocycles. The number of rotatable bonds is 3. The topological polar surface area (TPSA) is 9.72 Å². The van der Waals surface area contributed by atoms with Gasteiger partial charge < -0.3 is 14.7 Å². The summed E-state index contributed by atoms with van der Waals surface area (Å²) in [6.45, 7) is 0. The fourth-order valence-electron chi connectivity index (χ4n) is 1.77. The van der Waals surface area contributed by atoms with E-state index < -0.39 is 0 Å². The summed E-state index contributed by atoms with van der Waals surface area (Å²) in [7, 11) is 11.6. The minimum Gasteiger partial charge on any atom is -0.368 e. The third-order valence-electron chi connectivity index (χ3n) is 2.89. The second kappa shape index (κ2) is 7.24. The van der Waals surface area contributed by atoms with Gasteiger partial charge in [0, 0.05) is 59.0 Å². The van der Waals surface area contributed by atoms with Crippen LogP contribution in [0.2, 0.25) is 0 Å². The van der Waals surface area contributed by atoms with E-state index in [9.17, 15) is 0 Å². The molecule has 1 rings (SSSR count). The van der Waals surface area contributed by atoms with E-state index in [1.165, 1.54) is 0 Å². The lowest BCUT2D eigenvalue weighted by Crippen LogP contribution is -2.26. The summed E-state index contributed by atoms with van der Waals surface area (Å²) in [5, 5.41) is 0. The molecule has 0 radical (unpaired) electrons. The van der Waals surface area contributed by atoms with Gasteiger partial charge in [-0.15, -0.1) is 0 Å². The molecule has 1 aromatic rings. The SMILES string of the molecule is CN(C)C(=S)c1cc(C(=S)N(C)C)cc(C(=S)N(C)C)c1. The lowest BCUT2D eigenvalue weighted by Gasteiger charge is -2.21. The molecule has 0 aromatic heterocycles. The van der Waals surface area contributed by atoms with Crippen LogP contribution >= 0.6 is 36.7 Å². The molecule has 0 atom stereocenters. The van der Waals surface area contributed by atoms with Crippen molar-refractivity contribution in [1.82, 2.24) is 14.7 Å². The summed E-state index contributed by atoms with van der Waals surface area (Å²) in [6, 6.07) is 6.06. The van der Waals surface area contributed by atoms with Gasteiger partial charge in [-0.2, -0.15) is 0 Å². The quantitative estimate of drug-likeness (QED) is 0.777. The average Bonchev–Trinajstić information content (AvgIpc) is 2.43. The largest absolute Gasteiger partial charge is 0.368 e. The molecule has 114 valence electrons. The molecule has 0 heterocycles. The van der Waals surface area contributed by atoms with Crippen LogP contribution in [0.5, 0.6) is 0 Å². The van der Waals surface area contributed by atoms with Crippen LogP contribution < -0.4 is 0 Å². The van der Waals surface area contributed by atoms with Crippen LogP contribution in [0.4, 0.5) is 0 Å². The Morgan fingerprint density at radius 1 is 0.571 bits per heavy atom. The molecule has 0 unspecified atom stereocenters. The summed E-state index contributed by atoms with van der Waals surface area (Å²) in [4.78, 5) is 8.03. The van der Waals surface area contributed by atoms with Crippen LogP contribution in [0.3, 0.4) is 0 Å². The minimum absolute atomic E-state index is 0.765. The summed E-state index contributed by atoms with van der Waals surface area (Å²) >= 11 is 16.4. The molecule has 3 nitrogen and oxygen atoms in total. The zero-order valence-electron chi connectivity index (χ0n) is 13.3. The van der Waals surface area contributed by atoms with Gasteiger partial charge in [0.2, 0.25) is 0 Å². The smallest absolute Gasteiger partial charge is 0.108 e. The van der Waals surface area contributed by atoms with Crippen molar-refractivity contribution in [3.63, 3.8) is 0 Å². The summed E-state index contributed by atoms with van der Waals surface area (Å²) < 4.78 is 0. The number of hydrogen-bond acceptors (Lipinski definition) is 3. The second-order valence-corrected chi connectivity index (χ2v) is 6.56. The Kier molecular flexibility index (Phi) is 6.19. The molecule has 0 amide bonds. The Labute approximate surface area is 143 Å². The monoisotopic (exact) mass is 339 g/mol. The number of benzene rings is 1. The molecule has 6 heteroatoms. The van der Waals surface area contributed by atoms with E-state index >= 15 is 0 Å². The normalized spacial score (nSPS) is 10.0. The first-order valence-electron chi connectivity index (χ1n) is 6.45. The van der Waals surface area contributed by atoms with Crippen LogP contribution in [0.25, 0.3) is 0 Å². The van der Waals surface area contributed by atoms with Gasteiger partial charge >= 0.3 is 0 Å². The van der Waals surface area contributed by atoms with E-state index in [2.05, 4.69) is 0 Å². The molecule has 0 aliphatic rings. The molecule has 0 fully saturated rings. The lowest BCUT2D eigenvalue weighted by molar-refractivity contribution is 0.632. The van der Waals surface area contributed by atoms with E-state index in [0.29, 0.717) is 0 Å². The summed E-state index contributed by atoms with van der Waals surface area (Å²) in [5.74, 6) is 0. The van der Waals surface area contributed by atoms with Gasteiger partial charge in [-0.1, -0.05) is 36.7 Å². The van der Waals surface area contributed by atoms with Crippen LogP contribution in [-0.2, 0) is 0 Å². The van der Waals surface area contributed by atoms with Gasteiger partial charge in [-0.25, -0.2) is 0 Å². The fourth-order valence-corrected chi connectivity index (χ4v) is 2.13. The van der Waals surface area contributed by atoms with Crippen LogP contribution in [0, 0.1) is 0 Å². The maximum atomic E-state index is 5.48. The van der Waals surface area contributed by atoms with Crippen molar-refractivity contribution in [3.05, 3.63) is 34.9 Å². The first kappa shape index (κ1) is 17.9. The number of thiocarbonyl (C=S) groups is 3. The van der Waals surface area contributed by atoms with E-state index in [0.717, 1.165) is 31.7 Å². The molecule has 0 bridgehead atoms. The van der Waals surface area contributed by atoms with Gasteiger partial charge in [0.15, 0.2) is 0 Å². The molecule has 0 saturated heterocycles. The van der Waals surface area contributed by atoms with E-state index in [-0.39, 0.29) is 0 Å². The Morgan fingerprint density at radius 3 is 0.905 bits per heavy atom. The predicted octanol–water partition coefficient (Wildman–Crippen LogP) is 2.40. The molecule has 0 saturated carbocycles. The predicted molar refractivity (Wildman–Crippen MR) is 103 cm³/mol. The first-order chi connectivity index (χ1) is 9.65. The zero-order chi connectivity index (χ0) is 16.3. The van der Waals surface area contributed by atoms with Crippen molar-refractivity contribution in [3.8, 4) is 0 Å². The second-order valence-electron chi connectivity index (χ2n) is 5.40. The summed E-state index contributed by atoms with van der Waals surface area (Å²) in [5.41, 5.74) is 2.86. The highest BCUT2D eigenvalue weighted by atomic mass is 32.1. The number of nitrogens with zero attached hydrogens (tertiary/aromatic N) is 3. The van der Waals surface area contributed by atoms with Gasteiger partial charge in [-0.3, -0.25) is 0 Å². The minimum atomic E-state index is 0.765. The third-order valence-corrected chi connectivity index (χ3v) is 4.69. The molecular formula is C15H21N3S3. The van der Waals surface area contributed by atoms with Crippen molar-refractivity contribution in [2.75, 3.05) is 42.3 Å². The maximum absolute atomic E-state index is 5.48. The molecule has 21 heavy (non-hydrogen) atoms. The molecular weight excluding hydrogens is 318 g/mol.